The summed E-state index contributed by atoms with van der Waals surface area (Å²) in [6.45, 7) is -1.39. The summed E-state index contributed by atoms with van der Waals surface area (Å²) in [6.07, 6.45) is -3.80. The number of rotatable bonds is 5. The maximum Gasteiger partial charge on any atom is 0.324 e. The van der Waals surface area contributed by atoms with E-state index in [1.807, 2.05) is 0 Å². The van der Waals surface area contributed by atoms with Crippen molar-refractivity contribution in [2.45, 2.75) is 12.3 Å². The molecule has 0 aliphatic rings. The highest BCUT2D eigenvalue weighted by molar-refractivity contribution is 5.94. The Morgan fingerprint density at radius 1 is 1.28 bits per heavy atom. The zero-order valence-electron chi connectivity index (χ0n) is 9.51. The third-order valence-electron chi connectivity index (χ3n) is 2.24. The Kier molecular flexibility index (Phi) is 4.52. The lowest BCUT2D eigenvalue weighted by Crippen LogP contribution is -2.41. The molecule has 0 unspecified atom stereocenters. The average Bonchev–Trinajstić information content (AvgIpc) is 2.36. The lowest BCUT2D eigenvalue weighted by Gasteiger charge is -2.15. The van der Waals surface area contributed by atoms with E-state index in [4.69, 9.17) is 0 Å². The van der Waals surface area contributed by atoms with Gasteiger partial charge in [0.15, 0.2) is 0 Å². The number of hydrogen-bond acceptors (Lipinski definition) is 2. The van der Waals surface area contributed by atoms with Crippen molar-refractivity contribution < 1.29 is 22.4 Å². The van der Waals surface area contributed by atoms with Gasteiger partial charge in [0.2, 0.25) is 0 Å². The van der Waals surface area contributed by atoms with Gasteiger partial charge in [0, 0.05) is 18.3 Å². The highest BCUT2D eigenvalue weighted by Gasteiger charge is 2.40. The highest BCUT2D eigenvalue weighted by atomic mass is 19.3. The molecular formula is C11H12F4N2O. The van der Waals surface area contributed by atoms with E-state index in [1.165, 1.54) is 12.1 Å². The maximum atomic E-state index is 12.6. The van der Waals surface area contributed by atoms with Crippen LogP contribution in [0.3, 0.4) is 0 Å². The monoisotopic (exact) mass is 264 g/mol. The van der Waals surface area contributed by atoms with E-state index in [9.17, 15) is 22.4 Å². The molecule has 0 aliphatic carbocycles. The fourth-order valence-corrected chi connectivity index (χ4v) is 1.17. The molecule has 0 saturated heterocycles. The molecule has 0 aliphatic heterocycles. The van der Waals surface area contributed by atoms with Crippen molar-refractivity contribution >= 4 is 11.6 Å². The van der Waals surface area contributed by atoms with Crippen molar-refractivity contribution in [1.29, 1.82) is 0 Å². The zero-order chi connectivity index (χ0) is 13.8. The van der Waals surface area contributed by atoms with Gasteiger partial charge in [0.25, 0.3) is 5.91 Å². The molecular weight excluding hydrogens is 252 g/mol. The Balaban J connectivity index is 2.60. The minimum absolute atomic E-state index is 0.124. The van der Waals surface area contributed by atoms with Crippen LogP contribution in [0, 0.1) is 0 Å². The Bertz CT molecular complexity index is 406. The summed E-state index contributed by atoms with van der Waals surface area (Å²) in [6, 6.07) is 5.95. The van der Waals surface area contributed by atoms with Gasteiger partial charge in [-0.3, -0.25) is 4.79 Å². The summed E-state index contributed by atoms with van der Waals surface area (Å²) in [5.74, 6) is -5.04. The molecule has 3 nitrogen and oxygen atoms in total. The number of carbonyl (C=O) groups is 1. The lowest BCUT2D eigenvalue weighted by atomic mass is 10.2. The third-order valence-corrected chi connectivity index (χ3v) is 2.24. The van der Waals surface area contributed by atoms with E-state index in [0.717, 1.165) is 5.69 Å². The molecule has 7 heteroatoms. The van der Waals surface area contributed by atoms with Gasteiger partial charge in [-0.15, -0.1) is 0 Å². The highest BCUT2D eigenvalue weighted by Crippen LogP contribution is 2.21. The molecule has 0 spiro atoms. The number of alkyl halides is 4. The van der Waals surface area contributed by atoms with Crippen LogP contribution in [0.1, 0.15) is 10.4 Å². The zero-order valence-corrected chi connectivity index (χ0v) is 9.51. The molecule has 1 amide bonds. The van der Waals surface area contributed by atoms with Gasteiger partial charge in [-0.1, -0.05) is 0 Å². The van der Waals surface area contributed by atoms with E-state index in [-0.39, 0.29) is 5.56 Å². The Morgan fingerprint density at radius 3 is 2.28 bits per heavy atom. The van der Waals surface area contributed by atoms with Crippen LogP contribution in [0.25, 0.3) is 0 Å². The number of halogens is 4. The van der Waals surface area contributed by atoms with Gasteiger partial charge in [-0.2, -0.15) is 8.78 Å². The number of anilines is 1. The fraction of sp³-hybridized carbons (Fsp3) is 0.364. The van der Waals surface area contributed by atoms with E-state index < -0.39 is 24.8 Å². The van der Waals surface area contributed by atoms with Crippen LogP contribution in [-0.2, 0) is 0 Å². The normalized spacial score (nSPS) is 11.4. The number of carbonyl (C=O) groups excluding carboxylic acids is 1. The largest absolute Gasteiger partial charge is 0.388 e. The molecule has 0 atom stereocenters. The summed E-state index contributed by atoms with van der Waals surface area (Å²) in [4.78, 5) is 11.4. The van der Waals surface area contributed by atoms with Gasteiger partial charge >= 0.3 is 12.3 Å². The molecule has 18 heavy (non-hydrogen) atoms. The third kappa shape index (κ3) is 3.61. The molecule has 0 aromatic heterocycles. The van der Waals surface area contributed by atoms with Crippen molar-refractivity contribution in [2.24, 2.45) is 0 Å². The SMILES string of the molecule is CNc1ccc(C(=O)NCC(F)(F)C(F)F)cc1. The minimum atomic E-state index is -4.22. The summed E-state index contributed by atoms with van der Waals surface area (Å²) in [5.41, 5.74) is 0.864. The second-order valence-electron chi connectivity index (χ2n) is 3.57. The van der Waals surface area contributed by atoms with Crippen LogP contribution in [0.15, 0.2) is 24.3 Å². The van der Waals surface area contributed by atoms with Crippen LogP contribution in [-0.4, -0.2) is 31.8 Å². The molecule has 1 aromatic carbocycles. The number of amides is 1. The van der Waals surface area contributed by atoms with E-state index in [2.05, 4.69) is 5.32 Å². The van der Waals surface area contributed by atoms with Crippen LogP contribution in [0.4, 0.5) is 23.2 Å². The van der Waals surface area contributed by atoms with Crippen molar-refractivity contribution in [2.75, 3.05) is 18.9 Å². The van der Waals surface area contributed by atoms with Crippen LogP contribution < -0.4 is 10.6 Å². The fourth-order valence-electron chi connectivity index (χ4n) is 1.17. The van der Waals surface area contributed by atoms with Gasteiger partial charge in [-0.25, -0.2) is 8.78 Å². The second-order valence-corrected chi connectivity index (χ2v) is 3.57. The molecule has 2 N–H and O–H groups in total. The van der Waals surface area contributed by atoms with Crippen molar-refractivity contribution in [3.05, 3.63) is 29.8 Å². The first-order valence-corrected chi connectivity index (χ1v) is 5.09. The van der Waals surface area contributed by atoms with E-state index in [1.54, 1.807) is 24.5 Å². The van der Waals surface area contributed by atoms with Gasteiger partial charge in [0.1, 0.15) is 0 Å². The maximum absolute atomic E-state index is 12.6. The first-order chi connectivity index (χ1) is 8.36. The Labute approximate surface area is 101 Å². The predicted octanol–water partition coefficient (Wildman–Crippen LogP) is 2.36. The first kappa shape index (κ1) is 14.3. The number of benzene rings is 1. The number of nitrogens with one attached hydrogen (secondary N) is 2. The standard InChI is InChI=1S/C11H12F4N2O/c1-16-8-4-2-7(3-5-8)9(18)17-6-11(14,15)10(12)13/h2-5,10,16H,6H2,1H3,(H,17,18). The van der Waals surface area contributed by atoms with Crippen LogP contribution >= 0.6 is 0 Å². The second kappa shape index (κ2) is 5.70. The smallest absolute Gasteiger partial charge is 0.324 e. The molecule has 0 bridgehead atoms. The average molecular weight is 264 g/mol. The molecule has 100 valence electrons. The molecule has 1 rings (SSSR count). The predicted molar refractivity (Wildman–Crippen MR) is 59.3 cm³/mol. The summed E-state index contributed by atoms with van der Waals surface area (Å²) >= 11 is 0. The Hall–Kier alpha value is -1.79. The lowest BCUT2D eigenvalue weighted by molar-refractivity contribution is -0.123. The van der Waals surface area contributed by atoms with Crippen molar-refractivity contribution in [3.63, 3.8) is 0 Å². The van der Waals surface area contributed by atoms with Gasteiger partial charge < -0.3 is 10.6 Å². The van der Waals surface area contributed by atoms with Crippen molar-refractivity contribution in [1.82, 2.24) is 5.32 Å². The summed E-state index contributed by atoms with van der Waals surface area (Å²) in [5, 5.41) is 4.58. The summed E-state index contributed by atoms with van der Waals surface area (Å²) in [7, 11) is 1.68. The van der Waals surface area contributed by atoms with Gasteiger partial charge in [0.05, 0.1) is 6.54 Å². The van der Waals surface area contributed by atoms with E-state index >= 15 is 0 Å². The summed E-state index contributed by atoms with van der Waals surface area (Å²) < 4.78 is 48.8. The van der Waals surface area contributed by atoms with Crippen molar-refractivity contribution in [3.8, 4) is 0 Å². The molecule has 1 aromatic rings. The Morgan fingerprint density at radius 2 is 1.83 bits per heavy atom. The van der Waals surface area contributed by atoms with Crippen LogP contribution in [0.5, 0.6) is 0 Å². The first-order valence-electron chi connectivity index (χ1n) is 5.09. The minimum Gasteiger partial charge on any atom is -0.388 e. The quantitative estimate of drug-likeness (QED) is 0.801. The van der Waals surface area contributed by atoms with E-state index in [0.29, 0.717) is 0 Å². The van der Waals surface area contributed by atoms with Crippen LogP contribution in [0.2, 0.25) is 0 Å². The molecule has 0 saturated carbocycles. The molecule has 0 heterocycles. The molecule has 0 radical (unpaired) electrons. The van der Waals surface area contributed by atoms with Gasteiger partial charge in [-0.05, 0) is 24.3 Å². The topological polar surface area (TPSA) is 41.1 Å². The molecule has 0 fully saturated rings. The number of hydrogen-bond donors (Lipinski definition) is 2.